The van der Waals surface area contributed by atoms with Crippen LogP contribution in [0.3, 0.4) is 0 Å². The first kappa shape index (κ1) is 15.1. The fourth-order valence-electron chi connectivity index (χ4n) is 2.78. The van der Waals surface area contributed by atoms with Gasteiger partial charge in [0.25, 0.3) is 5.91 Å². The molecule has 2 rings (SSSR count). The second-order valence-corrected chi connectivity index (χ2v) is 6.48. The van der Waals surface area contributed by atoms with Crippen molar-refractivity contribution in [3.05, 3.63) is 39.1 Å². The van der Waals surface area contributed by atoms with Gasteiger partial charge in [0.2, 0.25) is 0 Å². The summed E-state index contributed by atoms with van der Waals surface area (Å²) in [5, 5.41) is 2.98. The highest BCUT2D eigenvalue weighted by molar-refractivity contribution is 9.10. The molecule has 0 saturated heterocycles. The van der Waals surface area contributed by atoms with Crippen molar-refractivity contribution >= 4 is 27.4 Å². The fourth-order valence-corrected chi connectivity index (χ4v) is 3.59. The van der Waals surface area contributed by atoms with E-state index in [1.807, 2.05) is 19.9 Å². The van der Waals surface area contributed by atoms with Gasteiger partial charge in [-0.2, -0.15) is 0 Å². The van der Waals surface area contributed by atoms with E-state index in [9.17, 15) is 4.79 Å². The van der Waals surface area contributed by atoms with Crippen molar-refractivity contribution in [1.82, 2.24) is 5.32 Å². The lowest BCUT2D eigenvalue weighted by Gasteiger charge is -2.21. The second-order valence-electron chi connectivity index (χ2n) is 5.62. The number of hydrogen-bond acceptors (Lipinski definition) is 2. The molecule has 0 unspecified atom stereocenters. The Morgan fingerprint density at radius 1 is 1.35 bits per heavy atom. The van der Waals surface area contributed by atoms with Gasteiger partial charge < -0.3 is 10.1 Å². The Labute approximate surface area is 128 Å². The first-order chi connectivity index (χ1) is 9.31. The first-order valence-electron chi connectivity index (χ1n) is 6.72. The van der Waals surface area contributed by atoms with E-state index in [4.69, 9.17) is 4.74 Å². The van der Waals surface area contributed by atoms with E-state index in [2.05, 4.69) is 41.2 Å². The van der Waals surface area contributed by atoms with E-state index in [0.29, 0.717) is 11.3 Å². The van der Waals surface area contributed by atoms with Gasteiger partial charge in [0.05, 0.1) is 18.2 Å². The Hall–Kier alpha value is -1.29. The molecule has 1 amide bonds. The van der Waals surface area contributed by atoms with Crippen molar-refractivity contribution in [2.45, 2.75) is 39.7 Å². The van der Waals surface area contributed by atoms with Crippen molar-refractivity contribution in [3.8, 4) is 0 Å². The maximum Gasteiger partial charge on any atom is 0.256 e. The van der Waals surface area contributed by atoms with E-state index in [-0.39, 0.29) is 5.91 Å². The van der Waals surface area contributed by atoms with E-state index in [1.165, 1.54) is 5.56 Å². The molecule has 0 aromatic heterocycles. The van der Waals surface area contributed by atoms with E-state index < -0.39 is 5.54 Å². The number of aryl methyl sites for hydroxylation is 2. The molecule has 1 aliphatic heterocycles. The van der Waals surface area contributed by atoms with Crippen LogP contribution in [-0.4, -0.2) is 18.6 Å². The monoisotopic (exact) mass is 337 g/mol. The van der Waals surface area contributed by atoms with Crippen LogP contribution in [0.5, 0.6) is 0 Å². The van der Waals surface area contributed by atoms with Crippen LogP contribution in [0.25, 0.3) is 5.57 Å². The average Bonchev–Trinajstić information content (AvgIpc) is 2.57. The lowest BCUT2D eigenvalue weighted by Crippen LogP contribution is -2.38. The highest BCUT2D eigenvalue weighted by Crippen LogP contribution is 2.38. The lowest BCUT2D eigenvalue weighted by molar-refractivity contribution is -0.115. The second kappa shape index (κ2) is 5.24. The Kier molecular flexibility index (Phi) is 3.96. The third kappa shape index (κ3) is 2.37. The molecule has 1 aromatic rings. The van der Waals surface area contributed by atoms with Crippen LogP contribution in [0.15, 0.2) is 22.4 Å². The van der Waals surface area contributed by atoms with Crippen LogP contribution in [-0.2, 0) is 16.0 Å². The molecule has 0 radical (unpaired) electrons. The molecular formula is C16H20BrNO2. The molecule has 0 bridgehead atoms. The maximum absolute atomic E-state index is 12.4. The number of methoxy groups -OCH3 is 1. The van der Waals surface area contributed by atoms with Crippen LogP contribution in [0.4, 0.5) is 0 Å². The molecule has 20 heavy (non-hydrogen) atoms. The number of hydrogen-bond donors (Lipinski definition) is 1. The molecule has 0 spiro atoms. The van der Waals surface area contributed by atoms with Gasteiger partial charge >= 0.3 is 0 Å². The van der Waals surface area contributed by atoms with Crippen molar-refractivity contribution < 1.29 is 9.53 Å². The predicted molar refractivity (Wildman–Crippen MR) is 84.4 cm³/mol. The zero-order valence-electron chi connectivity index (χ0n) is 12.6. The minimum Gasteiger partial charge on any atom is -0.498 e. The Morgan fingerprint density at radius 3 is 2.55 bits per heavy atom. The molecular weight excluding hydrogens is 318 g/mol. The SMILES string of the molecule is CCc1cc(C)cc(Br)c1C1=C(OC)C(C)(C)NC1=O. The van der Waals surface area contributed by atoms with Gasteiger partial charge in [-0.1, -0.05) is 28.9 Å². The molecule has 1 N–H and O–H groups in total. The number of halogens is 1. The third-order valence-electron chi connectivity index (χ3n) is 3.60. The molecule has 1 aromatic carbocycles. The third-order valence-corrected chi connectivity index (χ3v) is 4.22. The van der Waals surface area contributed by atoms with Gasteiger partial charge in [0.1, 0.15) is 5.76 Å². The van der Waals surface area contributed by atoms with Crippen LogP contribution >= 0.6 is 15.9 Å². The molecule has 1 heterocycles. The molecule has 3 nitrogen and oxygen atoms in total. The molecule has 0 saturated carbocycles. The van der Waals surface area contributed by atoms with Gasteiger partial charge in [-0.15, -0.1) is 0 Å². The lowest BCUT2D eigenvalue weighted by atomic mass is 9.93. The largest absolute Gasteiger partial charge is 0.498 e. The summed E-state index contributed by atoms with van der Waals surface area (Å²) < 4.78 is 6.46. The Bertz CT molecular complexity index is 603. The summed E-state index contributed by atoms with van der Waals surface area (Å²) in [6.07, 6.45) is 0.865. The Morgan fingerprint density at radius 2 is 2.00 bits per heavy atom. The van der Waals surface area contributed by atoms with Crippen LogP contribution < -0.4 is 5.32 Å². The molecule has 0 fully saturated rings. The fraction of sp³-hybridized carbons (Fsp3) is 0.438. The molecule has 1 aliphatic rings. The average molecular weight is 338 g/mol. The first-order valence-corrected chi connectivity index (χ1v) is 7.51. The minimum absolute atomic E-state index is 0.0777. The standard InChI is InChI=1S/C16H20BrNO2/c1-6-10-7-9(2)8-11(17)12(10)13-14(20-5)16(3,4)18-15(13)19/h7-8H,6H2,1-5H3,(H,18,19). The number of ether oxygens (including phenoxy) is 1. The van der Waals surface area contributed by atoms with E-state index in [0.717, 1.165) is 22.0 Å². The summed E-state index contributed by atoms with van der Waals surface area (Å²) in [6.45, 7) is 8.04. The van der Waals surface area contributed by atoms with Gasteiger partial charge in [0.15, 0.2) is 0 Å². The summed E-state index contributed by atoms with van der Waals surface area (Å²) in [7, 11) is 1.62. The molecule has 0 aliphatic carbocycles. The van der Waals surface area contributed by atoms with Crippen molar-refractivity contribution in [2.75, 3.05) is 7.11 Å². The summed E-state index contributed by atoms with van der Waals surface area (Å²) in [5.41, 5.74) is 3.43. The highest BCUT2D eigenvalue weighted by Gasteiger charge is 2.40. The van der Waals surface area contributed by atoms with Gasteiger partial charge in [-0.3, -0.25) is 4.79 Å². The zero-order valence-corrected chi connectivity index (χ0v) is 14.1. The number of amides is 1. The van der Waals surface area contributed by atoms with Crippen molar-refractivity contribution in [3.63, 3.8) is 0 Å². The maximum atomic E-state index is 12.4. The van der Waals surface area contributed by atoms with Gasteiger partial charge in [0, 0.05) is 10.0 Å². The van der Waals surface area contributed by atoms with Gasteiger partial charge in [-0.25, -0.2) is 0 Å². The minimum atomic E-state index is -0.476. The summed E-state index contributed by atoms with van der Waals surface area (Å²) >= 11 is 3.60. The topological polar surface area (TPSA) is 38.3 Å². The van der Waals surface area contributed by atoms with Crippen molar-refractivity contribution in [1.29, 1.82) is 0 Å². The van der Waals surface area contributed by atoms with E-state index in [1.54, 1.807) is 7.11 Å². The normalized spacial score (nSPS) is 17.4. The zero-order chi connectivity index (χ0) is 15.1. The summed E-state index contributed by atoms with van der Waals surface area (Å²) in [4.78, 5) is 12.4. The number of carbonyl (C=O) groups excluding carboxylic acids is 1. The smallest absolute Gasteiger partial charge is 0.256 e. The predicted octanol–water partition coefficient (Wildman–Crippen LogP) is 3.59. The highest BCUT2D eigenvalue weighted by atomic mass is 79.9. The number of rotatable bonds is 3. The van der Waals surface area contributed by atoms with Crippen LogP contribution in [0, 0.1) is 6.92 Å². The van der Waals surface area contributed by atoms with E-state index >= 15 is 0 Å². The van der Waals surface area contributed by atoms with Crippen LogP contribution in [0.2, 0.25) is 0 Å². The van der Waals surface area contributed by atoms with Crippen LogP contribution in [0.1, 0.15) is 37.5 Å². The number of nitrogens with one attached hydrogen (secondary N) is 1. The Balaban J connectivity index is 2.76. The molecule has 108 valence electrons. The van der Waals surface area contributed by atoms with Crippen molar-refractivity contribution in [2.24, 2.45) is 0 Å². The van der Waals surface area contributed by atoms with Gasteiger partial charge in [-0.05, 0) is 44.4 Å². The molecule has 0 atom stereocenters. The number of carbonyl (C=O) groups is 1. The summed E-state index contributed by atoms with van der Waals surface area (Å²) in [5.74, 6) is 0.618. The summed E-state index contributed by atoms with van der Waals surface area (Å²) in [6, 6.07) is 4.16. The number of benzene rings is 1. The molecule has 4 heteroatoms. The quantitative estimate of drug-likeness (QED) is 0.915.